The van der Waals surface area contributed by atoms with Crippen LogP contribution in [0.25, 0.3) is 0 Å². The summed E-state index contributed by atoms with van der Waals surface area (Å²) in [6, 6.07) is 6.20. The van der Waals surface area contributed by atoms with Crippen molar-refractivity contribution in [1.82, 2.24) is 9.97 Å². The molecule has 140 valence electrons. The Bertz CT molecular complexity index is 697. The average molecular weight is 354 g/mol. The van der Waals surface area contributed by atoms with Gasteiger partial charge < -0.3 is 10.6 Å². The van der Waals surface area contributed by atoms with Crippen molar-refractivity contribution >= 4 is 17.5 Å². The molecule has 0 radical (unpaired) electrons. The number of carbonyl (C=O) groups excluding carboxylic acids is 1. The third-order valence-corrected chi connectivity index (χ3v) is 4.34. The lowest BCUT2D eigenvalue weighted by molar-refractivity contribution is 0.102. The molecule has 2 rings (SSSR count). The Labute approximate surface area is 156 Å². The first kappa shape index (κ1) is 19.9. The highest BCUT2D eigenvalue weighted by Crippen LogP contribution is 2.32. The van der Waals surface area contributed by atoms with Crippen LogP contribution in [0.2, 0.25) is 0 Å². The SMILES string of the molecule is CCCCNc1ncc(C(=O)Nc2c(C(C)C)cccc2C(C)C)cn1. The molecular weight excluding hydrogens is 324 g/mol. The molecule has 0 bridgehead atoms. The van der Waals surface area contributed by atoms with Gasteiger partial charge in [0.2, 0.25) is 5.95 Å². The Morgan fingerprint density at radius 3 is 2.12 bits per heavy atom. The lowest BCUT2D eigenvalue weighted by atomic mass is 9.92. The summed E-state index contributed by atoms with van der Waals surface area (Å²) in [6.45, 7) is 11.5. The number of unbranched alkanes of at least 4 members (excludes halogenated alkanes) is 1. The number of benzene rings is 1. The summed E-state index contributed by atoms with van der Waals surface area (Å²) in [7, 11) is 0. The van der Waals surface area contributed by atoms with Gasteiger partial charge in [0.1, 0.15) is 0 Å². The van der Waals surface area contributed by atoms with Crippen LogP contribution in [0.15, 0.2) is 30.6 Å². The van der Waals surface area contributed by atoms with Crippen molar-refractivity contribution in [3.05, 3.63) is 47.3 Å². The van der Waals surface area contributed by atoms with E-state index < -0.39 is 0 Å². The molecule has 0 saturated heterocycles. The molecule has 26 heavy (non-hydrogen) atoms. The number of aromatic nitrogens is 2. The predicted molar refractivity (Wildman–Crippen MR) is 108 cm³/mol. The van der Waals surface area contributed by atoms with Crippen LogP contribution in [-0.4, -0.2) is 22.4 Å². The van der Waals surface area contributed by atoms with Gasteiger partial charge in [-0.1, -0.05) is 59.2 Å². The third kappa shape index (κ3) is 5.04. The third-order valence-electron chi connectivity index (χ3n) is 4.34. The zero-order valence-corrected chi connectivity index (χ0v) is 16.5. The Kier molecular flexibility index (Phi) is 7.13. The molecule has 0 aliphatic heterocycles. The van der Waals surface area contributed by atoms with Crippen LogP contribution in [0.3, 0.4) is 0 Å². The van der Waals surface area contributed by atoms with Gasteiger partial charge in [-0.15, -0.1) is 0 Å². The monoisotopic (exact) mass is 354 g/mol. The molecule has 1 amide bonds. The number of amides is 1. The summed E-state index contributed by atoms with van der Waals surface area (Å²) in [6.07, 6.45) is 5.32. The largest absolute Gasteiger partial charge is 0.354 e. The van der Waals surface area contributed by atoms with E-state index in [1.54, 1.807) is 12.4 Å². The van der Waals surface area contributed by atoms with Gasteiger partial charge in [0.05, 0.1) is 5.56 Å². The second-order valence-corrected chi connectivity index (χ2v) is 7.15. The summed E-state index contributed by atoms with van der Waals surface area (Å²) < 4.78 is 0. The first-order valence-corrected chi connectivity index (χ1v) is 9.44. The molecule has 2 aromatic rings. The van der Waals surface area contributed by atoms with Gasteiger partial charge in [-0.2, -0.15) is 0 Å². The van der Waals surface area contributed by atoms with Gasteiger partial charge in [0, 0.05) is 24.6 Å². The van der Waals surface area contributed by atoms with Gasteiger partial charge in [0.25, 0.3) is 5.91 Å². The molecule has 0 atom stereocenters. The highest BCUT2D eigenvalue weighted by Gasteiger charge is 2.17. The maximum Gasteiger partial charge on any atom is 0.258 e. The van der Waals surface area contributed by atoms with Gasteiger partial charge in [-0.25, -0.2) is 9.97 Å². The fourth-order valence-electron chi connectivity index (χ4n) is 2.79. The first-order valence-electron chi connectivity index (χ1n) is 9.44. The van der Waals surface area contributed by atoms with Gasteiger partial charge in [0.15, 0.2) is 0 Å². The quantitative estimate of drug-likeness (QED) is 0.640. The number of rotatable bonds is 8. The number of hydrogen-bond acceptors (Lipinski definition) is 4. The number of nitrogens with one attached hydrogen (secondary N) is 2. The van der Waals surface area contributed by atoms with Crippen LogP contribution in [0.4, 0.5) is 11.6 Å². The Balaban J connectivity index is 2.19. The van der Waals surface area contributed by atoms with Crippen molar-refractivity contribution in [2.24, 2.45) is 0 Å². The number of anilines is 2. The van der Waals surface area contributed by atoms with Crippen LogP contribution >= 0.6 is 0 Å². The van der Waals surface area contributed by atoms with Crippen LogP contribution in [0.5, 0.6) is 0 Å². The van der Waals surface area contributed by atoms with E-state index >= 15 is 0 Å². The van der Waals surface area contributed by atoms with E-state index in [4.69, 9.17) is 0 Å². The molecule has 1 heterocycles. The Morgan fingerprint density at radius 2 is 1.62 bits per heavy atom. The summed E-state index contributed by atoms with van der Waals surface area (Å²) >= 11 is 0. The van der Waals surface area contributed by atoms with Crippen LogP contribution in [0.1, 0.15) is 80.8 Å². The fourth-order valence-corrected chi connectivity index (χ4v) is 2.79. The normalized spacial score (nSPS) is 11.0. The van der Waals surface area contributed by atoms with Crippen molar-refractivity contribution in [3.63, 3.8) is 0 Å². The number of carbonyl (C=O) groups is 1. The molecule has 5 heteroatoms. The van der Waals surface area contributed by atoms with E-state index in [0.29, 0.717) is 23.3 Å². The van der Waals surface area contributed by atoms with Gasteiger partial charge in [-0.05, 0) is 29.4 Å². The fraction of sp³-hybridized carbons (Fsp3) is 0.476. The van der Waals surface area contributed by atoms with Crippen molar-refractivity contribution in [2.45, 2.75) is 59.3 Å². The molecule has 0 aliphatic rings. The summed E-state index contributed by atoms with van der Waals surface area (Å²) in [5, 5.41) is 6.25. The molecule has 2 N–H and O–H groups in total. The minimum atomic E-state index is -0.180. The molecule has 0 unspecified atom stereocenters. The second-order valence-electron chi connectivity index (χ2n) is 7.15. The van der Waals surface area contributed by atoms with E-state index in [-0.39, 0.29) is 5.91 Å². The topological polar surface area (TPSA) is 66.9 Å². The first-order chi connectivity index (χ1) is 12.4. The summed E-state index contributed by atoms with van der Waals surface area (Å²) in [5.74, 6) is 1.02. The standard InChI is InChI=1S/C21H30N4O/c1-6-7-11-22-21-23-12-16(13-24-21)20(26)25-19-17(14(2)3)9-8-10-18(19)15(4)5/h8-10,12-15H,6-7,11H2,1-5H3,(H,25,26)(H,22,23,24). The summed E-state index contributed by atoms with van der Waals surface area (Å²) in [5.41, 5.74) is 3.65. The number of nitrogens with zero attached hydrogens (tertiary/aromatic N) is 2. The Morgan fingerprint density at radius 1 is 1.04 bits per heavy atom. The zero-order chi connectivity index (χ0) is 19.1. The van der Waals surface area contributed by atoms with Crippen molar-refractivity contribution < 1.29 is 4.79 Å². The van der Waals surface area contributed by atoms with E-state index in [2.05, 4.69) is 73.4 Å². The zero-order valence-electron chi connectivity index (χ0n) is 16.5. The molecule has 0 aliphatic carbocycles. The van der Waals surface area contributed by atoms with Gasteiger partial charge >= 0.3 is 0 Å². The van der Waals surface area contributed by atoms with E-state index in [9.17, 15) is 4.79 Å². The van der Waals surface area contributed by atoms with Crippen molar-refractivity contribution in [1.29, 1.82) is 0 Å². The molecule has 0 fully saturated rings. The molecule has 0 spiro atoms. The predicted octanol–water partition coefficient (Wildman–Crippen LogP) is 5.19. The van der Waals surface area contributed by atoms with Crippen molar-refractivity contribution in [2.75, 3.05) is 17.2 Å². The molecule has 1 aromatic carbocycles. The Hall–Kier alpha value is -2.43. The van der Waals surface area contributed by atoms with Crippen LogP contribution in [0, 0.1) is 0 Å². The van der Waals surface area contributed by atoms with Crippen LogP contribution in [-0.2, 0) is 0 Å². The summed E-state index contributed by atoms with van der Waals surface area (Å²) in [4.78, 5) is 21.2. The smallest absolute Gasteiger partial charge is 0.258 e. The maximum absolute atomic E-state index is 12.7. The minimum Gasteiger partial charge on any atom is -0.354 e. The average Bonchev–Trinajstić information content (AvgIpc) is 2.62. The molecular formula is C21H30N4O. The van der Waals surface area contributed by atoms with E-state index in [0.717, 1.165) is 36.2 Å². The molecule has 0 saturated carbocycles. The second kappa shape index (κ2) is 9.32. The van der Waals surface area contributed by atoms with Gasteiger partial charge in [-0.3, -0.25) is 4.79 Å². The minimum absolute atomic E-state index is 0.180. The number of hydrogen-bond donors (Lipinski definition) is 2. The lowest BCUT2D eigenvalue weighted by Crippen LogP contribution is -2.17. The molecule has 5 nitrogen and oxygen atoms in total. The van der Waals surface area contributed by atoms with Crippen LogP contribution < -0.4 is 10.6 Å². The van der Waals surface area contributed by atoms with E-state index in [1.807, 2.05) is 0 Å². The van der Waals surface area contributed by atoms with Crippen molar-refractivity contribution in [3.8, 4) is 0 Å². The molecule has 1 aromatic heterocycles. The number of para-hydroxylation sites is 1. The maximum atomic E-state index is 12.7. The highest BCUT2D eigenvalue weighted by molar-refractivity contribution is 6.04. The van der Waals surface area contributed by atoms with E-state index in [1.165, 1.54) is 0 Å². The lowest BCUT2D eigenvalue weighted by Gasteiger charge is -2.20. The highest BCUT2D eigenvalue weighted by atomic mass is 16.1.